The Labute approximate surface area is 212 Å². The van der Waals surface area contributed by atoms with Crippen molar-refractivity contribution in [1.29, 1.82) is 0 Å². The average molecular weight is 500 g/mol. The number of aliphatic hydroxyl groups is 1. The summed E-state index contributed by atoms with van der Waals surface area (Å²) in [7, 11) is 0. The number of aliphatic hydroxyl groups excluding tert-OH is 1. The number of anilines is 2. The van der Waals surface area contributed by atoms with Crippen molar-refractivity contribution >= 4 is 23.4 Å². The van der Waals surface area contributed by atoms with Crippen LogP contribution < -0.4 is 9.80 Å². The zero-order valence-corrected chi connectivity index (χ0v) is 21.2. The van der Waals surface area contributed by atoms with Gasteiger partial charge in [0.1, 0.15) is 5.82 Å². The number of rotatable bonds is 5. The Hall–Kier alpha value is -2.35. The predicted molar refractivity (Wildman–Crippen MR) is 135 cm³/mol. The Morgan fingerprint density at radius 3 is 2.58 bits per heavy atom. The smallest absolute Gasteiger partial charge is 0.411 e. The van der Waals surface area contributed by atoms with E-state index in [9.17, 15) is 19.8 Å². The topological polar surface area (TPSA) is 84.3 Å². The Morgan fingerprint density at radius 1 is 1.17 bits per heavy atom. The first-order chi connectivity index (χ1) is 17.2. The van der Waals surface area contributed by atoms with E-state index in [-0.39, 0.29) is 17.6 Å². The molecule has 7 rings (SSSR count). The predicted octanol–water partition coefficient (Wildman–Crippen LogP) is 4.48. The number of hydrogen-bond donors (Lipinski definition) is 2. The van der Waals surface area contributed by atoms with Crippen LogP contribution in [0.25, 0.3) is 0 Å². The number of nitrogens with zero attached hydrogens (tertiary/aromatic N) is 3. The molecule has 7 nitrogen and oxygen atoms in total. The Bertz CT molecular complexity index is 1050. The highest BCUT2D eigenvalue weighted by atomic mass is 19.1. The average Bonchev–Trinajstić information content (AvgIpc) is 3.15. The van der Waals surface area contributed by atoms with Gasteiger partial charge in [-0.3, -0.25) is 9.69 Å². The van der Waals surface area contributed by atoms with Gasteiger partial charge in [-0.05, 0) is 93.7 Å². The zero-order valence-electron chi connectivity index (χ0n) is 21.2. The van der Waals surface area contributed by atoms with E-state index in [1.807, 2.05) is 11.8 Å². The van der Waals surface area contributed by atoms with Crippen molar-refractivity contribution in [1.82, 2.24) is 4.90 Å². The summed E-state index contributed by atoms with van der Waals surface area (Å²) < 4.78 is 15.3. The molecule has 2 amide bonds. The normalized spacial score (nSPS) is 37.2. The monoisotopic (exact) mass is 499 g/mol. The third kappa shape index (κ3) is 3.62. The fourth-order valence-electron chi connectivity index (χ4n) is 8.75. The number of amides is 2. The van der Waals surface area contributed by atoms with E-state index in [4.69, 9.17) is 0 Å². The van der Waals surface area contributed by atoms with Crippen molar-refractivity contribution in [2.45, 2.75) is 76.4 Å². The van der Waals surface area contributed by atoms with Crippen LogP contribution in [0.2, 0.25) is 0 Å². The molecular formula is C28H38FN3O4. The van der Waals surface area contributed by atoms with E-state index in [1.165, 1.54) is 11.0 Å². The molecule has 6 aliphatic rings. The van der Waals surface area contributed by atoms with Gasteiger partial charge in [-0.1, -0.05) is 6.92 Å². The molecule has 36 heavy (non-hydrogen) atoms. The van der Waals surface area contributed by atoms with Crippen LogP contribution in [-0.4, -0.2) is 64.9 Å². The summed E-state index contributed by atoms with van der Waals surface area (Å²) in [5.74, 6) is 1.08. The van der Waals surface area contributed by atoms with E-state index in [0.29, 0.717) is 55.2 Å². The number of carbonyl (C=O) groups excluding carboxylic acids is 1. The van der Waals surface area contributed by atoms with Crippen molar-refractivity contribution < 1.29 is 24.2 Å². The number of halogens is 1. The van der Waals surface area contributed by atoms with Crippen LogP contribution in [0.5, 0.6) is 0 Å². The molecule has 0 radical (unpaired) electrons. The molecule has 4 saturated carbocycles. The highest BCUT2D eigenvalue weighted by molar-refractivity contribution is 5.87. The lowest BCUT2D eigenvalue weighted by Crippen LogP contribution is -2.65. The minimum absolute atomic E-state index is 0.0922. The van der Waals surface area contributed by atoms with Gasteiger partial charge in [0.2, 0.25) is 5.91 Å². The Kier molecular flexibility index (Phi) is 5.74. The second-order valence-corrected chi connectivity index (χ2v) is 12.3. The maximum Gasteiger partial charge on any atom is 0.411 e. The summed E-state index contributed by atoms with van der Waals surface area (Å²) in [6.07, 6.45) is 6.96. The van der Waals surface area contributed by atoms with Gasteiger partial charge in [0.25, 0.3) is 0 Å². The third-order valence-corrected chi connectivity index (χ3v) is 10.1. The molecule has 4 aliphatic carbocycles. The summed E-state index contributed by atoms with van der Waals surface area (Å²) in [4.78, 5) is 31.1. The molecule has 4 bridgehead atoms. The highest BCUT2D eigenvalue weighted by Gasteiger charge is 2.62. The van der Waals surface area contributed by atoms with Gasteiger partial charge < -0.3 is 20.0 Å². The van der Waals surface area contributed by atoms with Crippen LogP contribution in [0.3, 0.4) is 0 Å². The SMILES string of the molecule is CCCN(C(=O)O)c1ccc(N2CCCC3(CCN(C45CC6CC(C4)C(O)C(C6)C5)C3=O)C2)c(F)c1. The van der Waals surface area contributed by atoms with E-state index < -0.39 is 17.3 Å². The van der Waals surface area contributed by atoms with Gasteiger partial charge in [0, 0.05) is 31.7 Å². The molecule has 2 heterocycles. The van der Waals surface area contributed by atoms with E-state index in [1.54, 1.807) is 12.1 Å². The van der Waals surface area contributed by atoms with Crippen molar-refractivity contribution in [3.8, 4) is 0 Å². The minimum Gasteiger partial charge on any atom is -0.465 e. The van der Waals surface area contributed by atoms with Crippen molar-refractivity contribution in [3.05, 3.63) is 24.0 Å². The van der Waals surface area contributed by atoms with Gasteiger partial charge in [-0.15, -0.1) is 0 Å². The van der Waals surface area contributed by atoms with Crippen molar-refractivity contribution in [2.24, 2.45) is 23.2 Å². The van der Waals surface area contributed by atoms with Crippen LogP contribution in [-0.2, 0) is 4.79 Å². The first kappa shape index (κ1) is 24.0. The lowest BCUT2D eigenvalue weighted by atomic mass is 9.51. The molecule has 2 aliphatic heterocycles. The summed E-state index contributed by atoms with van der Waals surface area (Å²) in [5.41, 5.74) is 0.208. The van der Waals surface area contributed by atoms with Gasteiger partial charge in [-0.2, -0.15) is 0 Å². The molecule has 1 spiro atoms. The number of piperidine rings is 1. The maximum absolute atomic E-state index is 15.3. The third-order valence-electron chi connectivity index (χ3n) is 10.1. The molecule has 0 aromatic heterocycles. The first-order valence-corrected chi connectivity index (χ1v) is 13.8. The Balaban J connectivity index is 1.22. The largest absolute Gasteiger partial charge is 0.465 e. The lowest BCUT2D eigenvalue weighted by Gasteiger charge is -2.61. The summed E-state index contributed by atoms with van der Waals surface area (Å²) >= 11 is 0. The molecule has 6 fully saturated rings. The molecular weight excluding hydrogens is 461 g/mol. The van der Waals surface area contributed by atoms with Gasteiger partial charge in [0.15, 0.2) is 0 Å². The van der Waals surface area contributed by atoms with Crippen molar-refractivity contribution in [2.75, 3.05) is 36.0 Å². The van der Waals surface area contributed by atoms with Gasteiger partial charge in [0.05, 0.1) is 22.9 Å². The number of likely N-dealkylation sites (tertiary alicyclic amines) is 1. The minimum atomic E-state index is -1.09. The van der Waals surface area contributed by atoms with Crippen LogP contribution in [0, 0.1) is 29.0 Å². The number of hydrogen-bond acceptors (Lipinski definition) is 4. The summed E-state index contributed by atoms with van der Waals surface area (Å²) in [6, 6.07) is 4.66. The lowest BCUT2D eigenvalue weighted by molar-refractivity contribution is -0.167. The fourth-order valence-corrected chi connectivity index (χ4v) is 8.75. The van der Waals surface area contributed by atoms with Crippen LogP contribution in [0.4, 0.5) is 20.6 Å². The molecule has 2 saturated heterocycles. The summed E-state index contributed by atoms with van der Waals surface area (Å²) in [6.45, 7) is 4.16. The van der Waals surface area contributed by atoms with E-state index in [2.05, 4.69) is 4.90 Å². The molecule has 8 heteroatoms. The molecule has 196 valence electrons. The highest BCUT2D eigenvalue weighted by Crippen LogP contribution is 2.59. The molecule has 3 unspecified atom stereocenters. The molecule has 1 aromatic rings. The molecule has 3 atom stereocenters. The van der Waals surface area contributed by atoms with Gasteiger partial charge in [-0.25, -0.2) is 9.18 Å². The van der Waals surface area contributed by atoms with Crippen LogP contribution >= 0.6 is 0 Å². The van der Waals surface area contributed by atoms with Crippen molar-refractivity contribution in [3.63, 3.8) is 0 Å². The first-order valence-electron chi connectivity index (χ1n) is 13.8. The fraction of sp³-hybridized carbons (Fsp3) is 0.714. The number of carbonyl (C=O) groups is 2. The zero-order chi connectivity index (χ0) is 25.2. The summed E-state index contributed by atoms with van der Waals surface area (Å²) in [5, 5.41) is 20.2. The molecule has 1 aromatic carbocycles. The standard InChI is InChI=1S/C28H38FN3O4/c1-2-8-31(26(35)36)21-4-5-23(22(29)13-21)30-9-3-6-27(17-30)7-10-32(25(27)34)28-14-18-11-19(15-28)24(33)20(12-18)16-28/h4-5,13,18-20,24,33H,2-3,6-12,14-17H2,1H3,(H,35,36). The molecule has 2 N–H and O–H groups in total. The van der Waals surface area contributed by atoms with E-state index in [0.717, 1.165) is 57.9 Å². The second kappa shape index (κ2) is 8.61. The van der Waals surface area contributed by atoms with Gasteiger partial charge >= 0.3 is 6.09 Å². The second-order valence-electron chi connectivity index (χ2n) is 12.3. The van der Waals surface area contributed by atoms with E-state index >= 15 is 4.39 Å². The Morgan fingerprint density at radius 2 is 1.92 bits per heavy atom. The van der Waals surface area contributed by atoms with Crippen LogP contribution in [0.15, 0.2) is 18.2 Å². The quantitative estimate of drug-likeness (QED) is 0.624. The number of benzene rings is 1. The van der Waals surface area contributed by atoms with Crippen LogP contribution in [0.1, 0.15) is 64.7 Å². The number of carboxylic acid groups (broad SMARTS) is 1. The maximum atomic E-state index is 15.3.